The highest BCUT2D eigenvalue weighted by Gasteiger charge is 2.26. The van der Waals surface area contributed by atoms with Crippen molar-refractivity contribution in [2.45, 2.75) is 25.6 Å². The lowest BCUT2D eigenvalue weighted by atomic mass is 10.0. The lowest BCUT2D eigenvalue weighted by molar-refractivity contribution is -0.0661. The van der Waals surface area contributed by atoms with Crippen molar-refractivity contribution >= 4 is 11.0 Å². The van der Waals surface area contributed by atoms with Crippen LogP contribution < -0.4 is 29.1 Å². The Morgan fingerprint density at radius 3 is 2.53 bits per heavy atom. The van der Waals surface area contributed by atoms with Crippen LogP contribution in [0.2, 0.25) is 0 Å². The average molecular weight is 444 g/mol. The zero-order valence-electron chi connectivity index (χ0n) is 18.1. The van der Waals surface area contributed by atoms with Crippen molar-refractivity contribution in [2.24, 2.45) is 0 Å². The molecule has 1 aliphatic heterocycles. The van der Waals surface area contributed by atoms with Crippen molar-refractivity contribution in [1.82, 2.24) is 0 Å². The van der Waals surface area contributed by atoms with Crippen LogP contribution in [0.15, 0.2) is 39.5 Å². The first kappa shape index (κ1) is 21.8. The normalized spacial score (nSPS) is 13.8. The molecular formula is C23H24O9. The molecular weight excluding hydrogens is 420 g/mol. The number of aliphatic hydroxyl groups is 2. The van der Waals surface area contributed by atoms with Crippen LogP contribution >= 0.6 is 0 Å². The number of hydrogen-bond acceptors (Lipinski definition) is 9. The van der Waals surface area contributed by atoms with Gasteiger partial charge in [-0.15, -0.1) is 0 Å². The van der Waals surface area contributed by atoms with Gasteiger partial charge in [-0.25, -0.2) is 0 Å². The highest BCUT2D eigenvalue weighted by Crippen LogP contribution is 2.40. The molecule has 3 aromatic rings. The molecule has 4 rings (SSSR count). The molecule has 2 aromatic carbocycles. The molecule has 0 amide bonds. The van der Waals surface area contributed by atoms with Crippen molar-refractivity contribution in [1.29, 1.82) is 0 Å². The van der Waals surface area contributed by atoms with E-state index in [0.29, 0.717) is 22.8 Å². The molecule has 0 unspecified atom stereocenters. The minimum atomic E-state index is -1.34. The maximum absolute atomic E-state index is 13.2. The van der Waals surface area contributed by atoms with Gasteiger partial charge in [-0.2, -0.15) is 0 Å². The highest BCUT2D eigenvalue weighted by atomic mass is 16.7. The van der Waals surface area contributed by atoms with Gasteiger partial charge in [-0.3, -0.25) is 4.79 Å². The van der Waals surface area contributed by atoms with Gasteiger partial charge in [-0.05, 0) is 32.0 Å². The molecule has 2 N–H and O–H groups in total. The third kappa shape index (κ3) is 3.92. The molecule has 1 aromatic heterocycles. The van der Waals surface area contributed by atoms with E-state index in [1.165, 1.54) is 40.2 Å². The summed E-state index contributed by atoms with van der Waals surface area (Å²) in [5, 5.41) is 20.1. The molecule has 32 heavy (non-hydrogen) atoms. The maximum atomic E-state index is 13.2. The summed E-state index contributed by atoms with van der Waals surface area (Å²) in [5.41, 5.74) is -0.988. The summed E-state index contributed by atoms with van der Waals surface area (Å²) in [4.78, 5) is 13.2. The maximum Gasteiger partial charge on any atom is 0.239 e. The number of benzene rings is 2. The van der Waals surface area contributed by atoms with Gasteiger partial charge in [0.15, 0.2) is 17.3 Å². The standard InChI is InChI=1S/C23H24O9/c1-23(2,26)18(24)10-29-13-8-16(27-3)19-17(9-13)32-21(22(28-4)20(19)25)12-5-6-14-15(7-12)31-11-30-14/h5-9,18,24,26H,10-11H2,1-4H3/t18-/m0/s1. The molecule has 0 aliphatic carbocycles. The minimum Gasteiger partial charge on any atom is -0.496 e. The average Bonchev–Trinajstić information content (AvgIpc) is 3.23. The van der Waals surface area contributed by atoms with Crippen LogP contribution in [0.4, 0.5) is 0 Å². The van der Waals surface area contributed by atoms with E-state index < -0.39 is 17.1 Å². The topological polar surface area (TPSA) is 117 Å². The molecule has 0 bridgehead atoms. The van der Waals surface area contributed by atoms with E-state index in [1.807, 2.05) is 0 Å². The second-order valence-corrected chi connectivity index (χ2v) is 7.84. The van der Waals surface area contributed by atoms with E-state index in [-0.39, 0.29) is 41.6 Å². The van der Waals surface area contributed by atoms with Crippen molar-refractivity contribution in [3.8, 4) is 40.1 Å². The number of rotatable bonds is 7. The Bertz CT molecular complexity index is 1210. The first-order valence-corrected chi connectivity index (χ1v) is 9.89. The summed E-state index contributed by atoms with van der Waals surface area (Å²) >= 11 is 0. The van der Waals surface area contributed by atoms with Crippen LogP contribution in [0.1, 0.15) is 13.8 Å². The van der Waals surface area contributed by atoms with Crippen LogP contribution in [-0.2, 0) is 0 Å². The fourth-order valence-electron chi connectivity index (χ4n) is 3.28. The minimum absolute atomic E-state index is 0.0146. The fourth-order valence-corrected chi connectivity index (χ4v) is 3.28. The van der Waals surface area contributed by atoms with Gasteiger partial charge in [0.25, 0.3) is 0 Å². The first-order valence-electron chi connectivity index (χ1n) is 9.89. The Morgan fingerprint density at radius 2 is 1.84 bits per heavy atom. The lowest BCUT2D eigenvalue weighted by Crippen LogP contribution is -2.40. The summed E-state index contributed by atoms with van der Waals surface area (Å²) in [6.07, 6.45) is -1.13. The molecule has 9 nitrogen and oxygen atoms in total. The Labute approximate surface area is 183 Å². The zero-order chi connectivity index (χ0) is 23.0. The van der Waals surface area contributed by atoms with E-state index in [1.54, 1.807) is 18.2 Å². The van der Waals surface area contributed by atoms with Crippen LogP contribution in [0, 0.1) is 0 Å². The number of hydrogen-bond donors (Lipinski definition) is 2. The molecule has 0 radical (unpaired) electrons. The van der Waals surface area contributed by atoms with Crippen LogP contribution in [0.3, 0.4) is 0 Å². The van der Waals surface area contributed by atoms with Gasteiger partial charge in [-0.1, -0.05) is 0 Å². The molecule has 1 aliphatic rings. The summed E-state index contributed by atoms with van der Waals surface area (Å²) in [5.74, 6) is 1.86. The van der Waals surface area contributed by atoms with Crippen LogP contribution in [0.5, 0.6) is 28.7 Å². The number of methoxy groups -OCH3 is 2. The molecule has 170 valence electrons. The first-order chi connectivity index (χ1) is 15.2. The molecule has 2 heterocycles. The number of fused-ring (bicyclic) bond motifs is 2. The second-order valence-electron chi connectivity index (χ2n) is 7.84. The Hall–Kier alpha value is -3.43. The lowest BCUT2D eigenvalue weighted by Gasteiger charge is -2.24. The summed E-state index contributed by atoms with van der Waals surface area (Å²) < 4.78 is 33.2. The van der Waals surface area contributed by atoms with Gasteiger partial charge < -0.3 is 38.3 Å². The summed E-state index contributed by atoms with van der Waals surface area (Å²) in [7, 11) is 2.80. The van der Waals surface area contributed by atoms with E-state index in [4.69, 9.17) is 28.1 Å². The van der Waals surface area contributed by atoms with Crippen molar-refractivity contribution in [3.05, 3.63) is 40.6 Å². The monoisotopic (exact) mass is 444 g/mol. The van der Waals surface area contributed by atoms with E-state index in [0.717, 1.165) is 0 Å². The molecule has 1 atom stereocenters. The van der Waals surface area contributed by atoms with Crippen LogP contribution in [-0.4, -0.2) is 49.5 Å². The zero-order valence-corrected chi connectivity index (χ0v) is 18.1. The van der Waals surface area contributed by atoms with E-state index >= 15 is 0 Å². The Kier molecular flexibility index (Phi) is 5.62. The SMILES string of the molecule is COc1c(-c2ccc3c(c2)OCO3)oc2cc(OC[C@H](O)C(C)(C)O)cc(OC)c2c1=O. The van der Waals surface area contributed by atoms with Gasteiger partial charge >= 0.3 is 0 Å². The smallest absolute Gasteiger partial charge is 0.239 e. The van der Waals surface area contributed by atoms with Crippen molar-refractivity contribution in [3.63, 3.8) is 0 Å². The third-order valence-corrected chi connectivity index (χ3v) is 5.17. The molecule has 9 heteroatoms. The summed E-state index contributed by atoms with van der Waals surface area (Å²) in [6, 6.07) is 8.19. The quantitative estimate of drug-likeness (QED) is 0.567. The van der Waals surface area contributed by atoms with Gasteiger partial charge in [0.1, 0.15) is 35.2 Å². The second kappa shape index (κ2) is 8.25. The van der Waals surface area contributed by atoms with Gasteiger partial charge in [0.05, 0.1) is 19.8 Å². The van der Waals surface area contributed by atoms with Crippen molar-refractivity contribution in [2.75, 3.05) is 27.6 Å². The summed E-state index contributed by atoms with van der Waals surface area (Å²) in [6.45, 7) is 2.90. The molecule has 0 saturated heterocycles. The predicted molar refractivity (Wildman–Crippen MR) is 115 cm³/mol. The Morgan fingerprint density at radius 1 is 1.09 bits per heavy atom. The number of aliphatic hydroxyl groups excluding tert-OH is 1. The van der Waals surface area contributed by atoms with Crippen LogP contribution in [0.25, 0.3) is 22.3 Å². The van der Waals surface area contributed by atoms with Gasteiger partial charge in [0, 0.05) is 17.7 Å². The van der Waals surface area contributed by atoms with Gasteiger partial charge in [0.2, 0.25) is 18.0 Å². The Balaban J connectivity index is 1.83. The van der Waals surface area contributed by atoms with E-state index in [2.05, 4.69) is 0 Å². The highest BCUT2D eigenvalue weighted by molar-refractivity contribution is 5.88. The predicted octanol–water partition coefficient (Wildman–Crippen LogP) is 2.72. The largest absolute Gasteiger partial charge is 0.496 e. The van der Waals surface area contributed by atoms with E-state index in [9.17, 15) is 15.0 Å². The third-order valence-electron chi connectivity index (χ3n) is 5.17. The molecule has 0 saturated carbocycles. The molecule has 0 fully saturated rings. The molecule has 0 spiro atoms. The fraction of sp³-hybridized carbons (Fsp3) is 0.348. The van der Waals surface area contributed by atoms with Crippen molar-refractivity contribution < 1.29 is 38.3 Å². The number of ether oxygens (including phenoxy) is 5.